The molecule has 2 atom stereocenters. The second kappa shape index (κ2) is 7.86. The smallest absolute Gasteiger partial charge is 0.319 e. The number of aromatic nitrogens is 1. The lowest BCUT2D eigenvalue weighted by Crippen LogP contribution is -2.35. The average Bonchev–Trinajstić information content (AvgIpc) is 3.19. The van der Waals surface area contributed by atoms with Crippen molar-refractivity contribution in [2.75, 3.05) is 18.5 Å². The number of aryl methyl sites for hydroxylation is 1. The van der Waals surface area contributed by atoms with Crippen LogP contribution in [0.5, 0.6) is 0 Å². The van der Waals surface area contributed by atoms with Crippen LogP contribution in [-0.2, 0) is 11.8 Å². The van der Waals surface area contributed by atoms with Crippen molar-refractivity contribution in [2.24, 2.45) is 7.05 Å². The molecule has 1 saturated heterocycles. The summed E-state index contributed by atoms with van der Waals surface area (Å²) in [6, 6.07) is 18.8. The second-order valence-electron chi connectivity index (χ2n) is 7.14. The van der Waals surface area contributed by atoms with Gasteiger partial charge in [-0.1, -0.05) is 36.4 Å². The van der Waals surface area contributed by atoms with Gasteiger partial charge in [0, 0.05) is 31.3 Å². The lowest BCUT2D eigenvalue weighted by molar-refractivity contribution is 0.110. The first-order valence-electron chi connectivity index (χ1n) is 9.41. The molecule has 1 aliphatic heterocycles. The molecule has 6 heteroatoms. The molecule has 3 aromatic rings. The number of hydrogen-bond donors (Lipinski definition) is 2. The van der Waals surface area contributed by atoms with E-state index in [1.807, 2.05) is 30.3 Å². The largest absolute Gasteiger partial charge is 0.376 e. The first-order valence-corrected chi connectivity index (χ1v) is 9.41. The summed E-state index contributed by atoms with van der Waals surface area (Å²) in [4.78, 5) is 24.1. The fraction of sp³-hybridized carbons (Fsp3) is 0.273. The van der Waals surface area contributed by atoms with Gasteiger partial charge in [-0.3, -0.25) is 4.79 Å². The highest BCUT2D eigenvalue weighted by Gasteiger charge is 2.26. The van der Waals surface area contributed by atoms with Crippen LogP contribution in [0.25, 0.3) is 10.9 Å². The number of urea groups is 1. The predicted octanol–water partition coefficient (Wildman–Crippen LogP) is 3.23. The summed E-state index contributed by atoms with van der Waals surface area (Å²) in [7, 11) is 1.72. The van der Waals surface area contributed by atoms with Gasteiger partial charge in [-0.15, -0.1) is 0 Å². The maximum Gasteiger partial charge on any atom is 0.319 e. The molecular weight excluding hydrogens is 354 g/mol. The van der Waals surface area contributed by atoms with Gasteiger partial charge in [-0.25, -0.2) is 4.79 Å². The number of carbonyl (C=O) groups is 1. The minimum atomic E-state index is -0.285. The van der Waals surface area contributed by atoms with Crippen molar-refractivity contribution in [3.05, 3.63) is 76.6 Å². The SMILES string of the molecule is Cn1c(=O)ccc2ccc(NC(=O)NC[C@@H]3C[C@H](c4ccccc4)CO3)cc21. The lowest BCUT2D eigenvalue weighted by atomic mass is 9.96. The summed E-state index contributed by atoms with van der Waals surface area (Å²) in [6.07, 6.45) is 0.899. The third-order valence-electron chi connectivity index (χ3n) is 5.23. The van der Waals surface area contributed by atoms with E-state index in [1.54, 1.807) is 23.7 Å². The molecule has 0 bridgehead atoms. The number of amides is 2. The first-order chi connectivity index (χ1) is 13.6. The molecule has 2 N–H and O–H groups in total. The minimum absolute atomic E-state index is 0.00776. The van der Waals surface area contributed by atoms with E-state index in [2.05, 4.69) is 22.8 Å². The summed E-state index contributed by atoms with van der Waals surface area (Å²) in [5.41, 5.74) is 2.60. The average molecular weight is 377 g/mol. The number of pyridine rings is 1. The van der Waals surface area contributed by atoms with Gasteiger partial charge in [0.25, 0.3) is 5.56 Å². The molecule has 0 spiro atoms. The van der Waals surface area contributed by atoms with Crippen LogP contribution in [0, 0.1) is 0 Å². The third-order valence-corrected chi connectivity index (χ3v) is 5.23. The Bertz CT molecular complexity index is 1050. The highest BCUT2D eigenvalue weighted by atomic mass is 16.5. The summed E-state index contributed by atoms with van der Waals surface area (Å²) < 4.78 is 7.39. The number of nitrogens with zero attached hydrogens (tertiary/aromatic N) is 1. The molecule has 0 radical (unpaired) electrons. The monoisotopic (exact) mass is 377 g/mol. The van der Waals surface area contributed by atoms with Crippen molar-refractivity contribution in [1.82, 2.24) is 9.88 Å². The van der Waals surface area contributed by atoms with Crippen molar-refractivity contribution in [3.63, 3.8) is 0 Å². The molecule has 1 aromatic heterocycles. The van der Waals surface area contributed by atoms with E-state index in [4.69, 9.17) is 4.74 Å². The molecule has 6 nitrogen and oxygen atoms in total. The molecule has 2 heterocycles. The van der Waals surface area contributed by atoms with Gasteiger partial charge < -0.3 is 19.9 Å². The van der Waals surface area contributed by atoms with E-state index >= 15 is 0 Å². The predicted molar refractivity (Wildman–Crippen MR) is 110 cm³/mol. The summed E-state index contributed by atoms with van der Waals surface area (Å²) in [5.74, 6) is 0.373. The fourth-order valence-electron chi connectivity index (χ4n) is 3.63. The maximum atomic E-state index is 12.3. The molecule has 144 valence electrons. The van der Waals surface area contributed by atoms with Crippen LogP contribution in [0.15, 0.2) is 65.5 Å². The van der Waals surface area contributed by atoms with E-state index in [0.717, 1.165) is 17.3 Å². The van der Waals surface area contributed by atoms with E-state index in [1.165, 1.54) is 11.6 Å². The Hall–Kier alpha value is -3.12. The molecule has 4 rings (SSSR count). The molecule has 2 aromatic carbocycles. The Morgan fingerprint density at radius 3 is 2.75 bits per heavy atom. The Labute approximate surface area is 163 Å². The van der Waals surface area contributed by atoms with Gasteiger partial charge in [0.05, 0.1) is 18.2 Å². The number of ether oxygens (including phenoxy) is 1. The summed E-state index contributed by atoms with van der Waals surface area (Å²) in [6.45, 7) is 1.14. The molecule has 0 saturated carbocycles. The zero-order chi connectivity index (χ0) is 19.5. The molecular formula is C22H23N3O3. The van der Waals surface area contributed by atoms with Crippen LogP contribution in [-0.4, -0.2) is 29.9 Å². The third kappa shape index (κ3) is 3.92. The van der Waals surface area contributed by atoms with E-state index in [-0.39, 0.29) is 17.7 Å². The van der Waals surface area contributed by atoms with Gasteiger partial charge >= 0.3 is 6.03 Å². The molecule has 1 fully saturated rings. The van der Waals surface area contributed by atoms with Gasteiger partial charge in [0.2, 0.25) is 0 Å². The van der Waals surface area contributed by atoms with E-state index in [0.29, 0.717) is 24.8 Å². The standard InChI is InChI=1S/C22H23N3O3/c1-25-20-12-18(9-7-16(20)8-10-21(25)26)24-22(27)23-13-19-11-17(14-28-19)15-5-3-2-4-6-15/h2-10,12,17,19H,11,13-14H2,1H3,(H2,23,24,27)/t17-,19-/m0/s1. The van der Waals surface area contributed by atoms with Crippen molar-refractivity contribution in [3.8, 4) is 0 Å². The topological polar surface area (TPSA) is 72.4 Å². The highest BCUT2D eigenvalue weighted by molar-refractivity contribution is 5.92. The van der Waals surface area contributed by atoms with Crippen LogP contribution in [0.3, 0.4) is 0 Å². The molecule has 0 aliphatic carbocycles. The van der Waals surface area contributed by atoms with Crippen LogP contribution in [0.1, 0.15) is 17.9 Å². The molecule has 28 heavy (non-hydrogen) atoms. The van der Waals surface area contributed by atoms with Gasteiger partial charge in [0.15, 0.2) is 0 Å². The van der Waals surface area contributed by atoms with Crippen molar-refractivity contribution >= 4 is 22.6 Å². The van der Waals surface area contributed by atoms with Gasteiger partial charge in [0.1, 0.15) is 0 Å². The number of hydrogen-bond acceptors (Lipinski definition) is 3. The number of nitrogens with one attached hydrogen (secondary N) is 2. The normalized spacial score (nSPS) is 18.9. The first kappa shape index (κ1) is 18.3. The van der Waals surface area contributed by atoms with Crippen molar-refractivity contribution in [1.29, 1.82) is 0 Å². The van der Waals surface area contributed by atoms with Crippen LogP contribution in [0.2, 0.25) is 0 Å². The Morgan fingerprint density at radius 1 is 1.14 bits per heavy atom. The van der Waals surface area contributed by atoms with E-state index < -0.39 is 0 Å². The van der Waals surface area contributed by atoms with Crippen LogP contribution >= 0.6 is 0 Å². The zero-order valence-corrected chi connectivity index (χ0v) is 15.7. The fourth-order valence-corrected chi connectivity index (χ4v) is 3.63. The minimum Gasteiger partial charge on any atom is -0.376 e. The van der Waals surface area contributed by atoms with Crippen LogP contribution < -0.4 is 16.2 Å². The molecule has 2 amide bonds. The van der Waals surface area contributed by atoms with E-state index in [9.17, 15) is 9.59 Å². The van der Waals surface area contributed by atoms with Crippen LogP contribution in [0.4, 0.5) is 10.5 Å². The Kier molecular flexibility index (Phi) is 5.12. The van der Waals surface area contributed by atoms with Gasteiger partial charge in [-0.05, 0) is 35.6 Å². The van der Waals surface area contributed by atoms with Crippen molar-refractivity contribution < 1.29 is 9.53 Å². The number of fused-ring (bicyclic) bond motifs is 1. The number of rotatable bonds is 4. The number of benzene rings is 2. The van der Waals surface area contributed by atoms with Crippen molar-refractivity contribution in [2.45, 2.75) is 18.4 Å². The quantitative estimate of drug-likeness (QED) is 0.733. The number of anilines is 1. The highest BCUT2D eigenvalue weighted by Crippen LogP contribution is 2.28. The lowest BCUT2D eigenvalue weighted by Gasteiger charge is -2.13. The molecule has 0 unspecified atom stereocenters. The summed E-state index contributed by atoms with van der Waals surface area (Å²) in [5, 5.41) is 6.65. The Balaban J connectivity index is 1.33. The van der Waals surface area contributed by atoms with Gasteiger partial charge in [-0.2, -0.15) is 0 Å². The summed E-state index contributed by atoms with van der Waals surface area (Å²) >= 11 is 0. The maximum absolute atomic E-state index is 12.3. The zero-order valence-electron chi connectivity index (χ0n) is 15.7. The second-order valence-corrected chi connectivity index (χ2v) is 7.14. The number of carbonyl (C=O) groups excluding carboxylic acids is 1. The molecule has 1 aliphatic rings. The Morgan fingerprint density at radius 2 is 1.93 bits per heavy atom.